The van der Waals surface area contributed by atoms with Crippen LogP contribution in [0.2, 0.25) is 0 Å². The van der Waals surface area contributed by atoms with Crippen molar-refractivity contribution in [2.45, 2.75) is 46.0 Å². The van der Waals surface area contributed by atoms with Crippen molar-refractivity contribution in [3.63, 3.8) is 0 Å². The van der Waals surface area contributed by atoms with Crippen LogP contribution in [0, 0.1) is 0 Å². The number of aryl methyl sites for hydroxylation is 1. The molecule has 0 aliphatic rings. The van der Waals surface area contributed by atoms with E-state index in [-0.39, 0.29) is 5.56 Å². The Balaban J connectivity index is 2.41. The summed E-state index contributed by atoms with van der Waals surface area (Å²) >= 11 is 0. The van der Waals surface area contributed by atoms with Crippen molar-refractivity contribution < 1.29 is 4.74 Å². The highest BCUT2D eigenvalue weighted by molar-refractivity contribution is 5.08. The minimum Gasteiger partial charge on any atom is -0.477 e. The Bertz CT molecular complexity index is 360. The standard InChI is InChI=1S/C12H20N2O2/c1-3-5-6-7-8-16-12-9-11(15)13-10(4-2)14-12/h9H,3-8H2,1-2H3,(H,13,14,15). The van der Waals surface area contributed by atoms with Crippen LogP contribution in [0.5, 0.6) is 5.88 Å². The molecule has 0 bridgehead atoms. The Morgan fingerprint density at radius 3 is 2.81 bits per heavy atom. The van der Waals surface area contributed by atoms with Crippen LogP contribution < -0.4 is 10.3 Å². The number of aromatic nitrogens is 2. The third-order valence-electron chi connectivity index (χ3n) is 2.35. The normalized spacial score (nSPS) is 10.4. The van der Waals surface area contributed by atoms with Gasteiger partial charge in [-0.25, -0.2) is 4.98 Å². The molecule has 0 amide bonds. The number of hydrogen-bond donors (Lipinski definition) is 1. The van der Waals surface area contributed by atoms with Gasteiger partial charge in [0.05, 0.1) is 12.7 Å². The maximum absolute atomic E-state index is 11.2. The summed E-state index contributed by atoms with van der Waals surface area (Å²) in [6, 6.07) is 1.40. The van der Waals surface area contributed by atoms with E-state index in [1.807, 2.05) is 6.92 Å². The SMILES string of the molecule is CCCCCCOc1cc(=O)[nH]c(CC)n1. The fraction of sp³-hybridized carbons (Fsp3) is 0.667. The van der Waals surface area contributed by atoms with E-state index < -0.39 is 0 Å². The second-order valence-corrected chi connectivity index (χ2v) is 3.79. The summed E-state index contributed by atoms with van der Waals surface area (Å²) in [4.78, 5) is 18.1. The van der Waals surface area contributed by atoms with Crippen molar-refractivity contribution >= 4 is 0 Å². The van der Waals surface area contributed by atoms with Gasteiger partial charge in [-0.05, 0) is 6.42 Å². The van der Waals surface area contributed by atoms with Gasteiger partial charge in [-0.2, -0.15) is 0 Å². The van der Waals surface area contributed by atoms with Gasteiger partial charge in [0, 0.05) is 6.42 Å². The van der Waals surface area contributed by atoms with E-state index in [9.17, 15) is 4.79 Å². The molecule has 0 saturated carbocycles. The lowest BCUT2D eigenvalue weighted by molar-refractivity contribution is 0.292. The van der Waals surface area contributed by atoms with Gasteiger partial charge in [0.2, 0.25) is 5.88 Å². The average molecular weight is 224 g/mol. The number of unbranched alkanes of at least 4 members (excludes halogenated alkanes) is 3. The van der Waals surface area contributed by atoms with Gasteiger partial charge in [0.15, 0.2) is 0 Å². The highest BCUT2D eigenvalue weighted by Gasteiger charge is 2.00. The molecule has 0 fully saturated rings. The van der Waals surface area contributed by atoms with E-state index in [1.54, 1.807) is 0 Å². The molecule has 4 heteroatoms. The number of rotatable bonds is 7. The maximum atomic E-state index is 11.2. The number of hydrogen-bond acceptors (Lipinski definition) is 3. The van der Waals surface area contributed by atoms with Crippen molar-refractivity contribution in [3.8, 4) is 5.88 Å². The number of nitrogens with one attached hydrogen (secondary N) is 1. The van der Waals surface area contributed by atoms with Crippen LogP contribution in [-0.2, 0) is 6.42 Å². The molecular weight excluding hydrogens is 204 g/mol. The fourth-order valence-corrected chi connectivity index (χ4v) is 1.43. The molecule has 1 heterocycles. The maximum Gasteiger partial charge on any atom is 0.254 e. The van der Waals surface area contributed by atoms with Gasteiger partial charge >= 0.3 is 0 Å². The molecular formula is C12H20N2O2. The molecule has 0 unspecified atom stereocenters. The predicted octanol–water partition coefficient (Wildman–Crippen LogP) is 2.29. The number of aromatic amines is 1. The van der Waals surface area contributed by atoms with E-state index in [2.05, 4.69) is 16.9 Å². The van der Waals surface area contributed by atoms with Gasteiger partial charge in [0.1, 0.15) is 5.82 Å². The Hall–Kier alpha value is -1.32. The van der Waals surface area contributed by atoms with Gasteiger partial charge in [-0.3, -0.25) is 4.79 Å². The van der Waals surface area contributed by atoms with Crippen molar-refractivity contribution in [1.82, 2.24) is 9.97 Å². The molecule has 0 radical (unpaired) electrons. The Kier molecular flexibility index (Phi) is 5.61. The molecule has 0 atom stereocenters. The summed E-state index contributed by atoms with van der Waals surface area (Å²) in [5.41, 5.74) is -0.143. The molecule has 0 spiro atoms. The monoisotopic (exact) mass is 224 g/mol. The lowest BCUT2D eigenvalue weighted by Crippen LogP contribution is -2.12. The summed E-state index contributed by atoms with van der Waals surface area (Å²) in [5, 5.41) is 0. The van der Waals surface area contributed by atoms with Crippen LogP contribution in [-0.4, -0.2) is 16.6 Å². The topological polar surface area (TPSA) is 55.0 Å². The molecule has 16 heavy (non-hydrogen) atoms. The molecule has 1 aromatic heterocycles. The Labute approximate surface area is 96.1 Å². The largest absolute Gasteiger partial charge is 0.477 e. The van der Waals surface area contributed by atoms with Crippen LogP contribution in [0.3, 0.4) is 0 Å². The molecule has 1 N–H and O–H groups in total. The first-order valence-corrected chi connectivity index (χ1v) is 5.99. The van der Waals surface area contributed by atoms with Gasteiger partial charge in [-0.1, -0.05) is 33.1 Å². The van der Waals surface area contributed by atoms with E-state index in [1.165, 1.54) is 25.3 Å². The number of ether oxygens (including phenoxy) is 1. The molecule has 1 aromatic rings. The fourth-order valence-electron chi connectivity index (χ4n) is 1.43. The smallest absolute Gasteiger partial charge is 0.254 e. The Morgan fingerprint density at radius 2 is 2.12 bits per heavy atom. The first kappa shape index (κ1) is 12.7. The highest BCUT2D eigenvalue weighted by Crippen LogP contribution is 2.05. The number of nitrogens with zero attached hydrogens (tertiary/aromatic N) is 1. The predicted molar refractivity (Wildman–Crippen MR) is 63.9 cm³/mol. The van der Waals surface area contributed by atoms with Crippen LogP contribution in [0.15, 0.2) is 10.9 Å². The lowest BCUT2D eigenvalue weighted by atomic mass is 10.2. The molecule has 0 aliphatic carbocycles. The van der Waals surface area contributed by atoms with Gasteiger partial charge in [0.25, 0.3) is 5.56 Å². The van der Waals surface area contributed by atoms with Crippen molar-refractivity contribution in [3.05, 3.63) is 22.2 Å². The third kappa shape index (κ3) is 4.47. The summed E-state index contributed by atoms with van der Waals surface area (Å²) in [6.45, 7) is 4.76. The molecule has 4 nitrogen and oxygen atoms in total. The minimum absolute atomic E-state index is 0.143. The first-order valence-electron chi connectivity index (χ1n) is 5.99. The molecule has 90 valence electrons. The second kappa shape index (κ2) is 7.04. The second-order valence-electron chi connectivity index (χ2n) is 3.79. The van der Waals surface area contributed by atoms with Gasteiger partial charge in [-0.15, -0.1) is 0 Å². The Morgan fingerprint density at radius 1 is 1.31 bits per heavy atom. The average Bonchev–Trinajstić information content (AvgIpc) is 2.28. The zero-order chi connectivity index (χ0) is 11.8. The molecule has 1 rings (SSSR count). The molecule has 0 aromatic carbocycles. The minimum atomic E-state index is -0.143. The summed E-state index contributed by atoms with van der Waals surface area (Å²) in [6.07, 6.45) is 5.34. The van der Waals surface area contributed by atoms with E-state index in [4.69, 9.17) is 4.74 Å². The van der Waals surface area contributed by atoms with Gasteiger partial charge < -0.3 is 9.72 Å². The number of H-pyrrole nitrogens is 1. The zero-order valence-corrected chi connectivity index (χ0v) is 10.1. The molecule has 0 aliphatic heterocycles. The van der Waals surface area contributed by atoms with Crippen molar-refractivity contribution in [2.75, 3.05) is 6.61 Å². The van der Waals surface area contributed by atoms with Crippen LogP contribution >= 0.6 is 0 Å². The van der Waals surface area contributed by atoms with Crippen LogP contribution in [0.25, 0.3) is 0 Å². The summed E-state index contributed by atoms with van der Waals surface area (Å²) in [5.74, 6) is 1.12. The van der Waals surface area contributed by atoms with Crippen LogP contribution in [0.1, 0.15) is 45.4 Å². The lowest BCUT2D eigenvalue weighted by Gasteiger charge is -2.05. The first-order chi connectivity index (χ1) is 7.76. The van der Waals surface area contributed by atoms with E-state index in [0.717, 1.165) is 6.42 Å². The van der Waals surface area contributed by atoms with E-state index >= 15 is 0 Å². The van der Waals surface area contributed by atoms with Crippen LogP contribution in [0.4, 0.5) is 0 Å². The van der Waals surface area contributed by atoms with Crippen molar-refractivity contribution in [1.29, 1.82) is 0 Å². The highest BCUT2D eigenvalue weighted by atomic mass is 16.5. The van der Waals surface area contributed by atoms with Crippen molar-refractivity contribution in [2.24, 2.45) is 0 Å². The summed E-state index contributed by atoms with van der Waals surface area (Å²) < 4.78 is 5.44. The molecule has 0 saturated heterocycles. The quantitative estimate of drug-likeness (QED) is 0.723. The summed E-state index contributed by atoms with van der Waals surface area (Å²) in [7, 11) is 0. The third-order valence-corrected chi connectivity index (χ3v) is 2.35. The zero-order valence-electron chi connectivity index (χ0n) is 10.1. The van der Waals surface area contributed by atoms with E-state index in [0.29, 0.717) is 24.7 Å².